The number of nitro benzene ring substituents is 1. The Bertz CT molecular complexity index is 1490. The molecule has 14 heteroatoms. The summed E-state index contributed by atoms with van der Waals surface area (Å²) >= 11 is 0. The molecule has 2 aromatic rings. The number of carboxylic acids is 1. The molecule has 14 nitrogen and oxygen atoms in total. The Hall–Kier alpha value is -4.50. The molecule has 0 amide bonds. The van der Waals surface area contributed by atoms with Crippen molar-refractivity contribution in [3.8, 4) is 11.5 Å². The largest absolute Gasteiger partial charge is 0.493 e. The van der Waals surface area contributed by atoms with Gasteiger partial charge in [-0.1, -0.05) is 24.3 Å². The third-order valence-electron chi connectivity index (χ3n) is 7.44. The van der Waals surface area contributed by atoms with Crippen molar-refractivity contribution in [2.75, 3.05) is 60.7 Å². The van der Waals surface area contributed by atoms with Crippen molar-refractivity contribution in [2.24, 2.45) is 0 Å². The fraction of sp³-hybridized carbons (Fsp3) is 0.455. The predicted molar refractivity (Wildman–Crippen MR) is 173 cm³/mol. The molecule has 0 fully saturated rings. The van der Waals surface area contributed by atoms with Crippen molar-refractivity contribution in [1.82, 2.24) is 15.5 Å². The molecule has 0 bridgehead atoms. The number of aliphatic hydroxyl groups is 1. The zero-order chi connectivity index (χ0) is 34.7. The van der Waals surface area contributed by atoms with Crippen LogP contribution in [0.2, 0.25) is 0 Å². The van der Waals surface area contributed by atoms with Gasteiger partial charge >= 0.3 is 11.9 Å². The number of non-ortho nitro benzene ring substituents is 1. The van der Waals surface area contributed by atoms with Gasteiger partial charge in [0.25, 0.3) is 5.69 Å². The first-order chi connectivity index (χ1) is 22.3. The molecule has 2 unspecified atom stereocenters. The van der Waals surface area contributed by atoms with E-state index in [1.807, 2.05) is 37.9 Å². The maximum atomic E-state index is 13.6. The first kappa shape index (κ1) is 37.0. The average molecular weight is 657 g/mol. The molecule has 0 saturated carbocycles. The van der Waals surface area contributed by atoms with Crippen LogP contribution in [0.15, 0.2) is 71.1 Å². The number of likely N-dealkylation sites (N-methyl/N-ethyl adjacent to an activating group) is 1. The Balaban J connectivity index is 1.83. The standard InChI is InChI=1S/C33H44N4O10/c1-21-28(31(39)40)29(22-10-9-11-23(16-22)37(42)43)30(32(41)46-15-14-44-5)25(35-21)18-36(4)20-33(2,3)34-17-24(38)19-47-27-13-8-7-12-26(27)45-6/h7-13,16,24,29,34-35,38H,14-15,17-20H2,1-6H3,(H,39,40). The maximum Gasteiger partial charge on any atom is 0.336 e. The summed E-state index contributed by atoms with van der Waals surface area (Å²) in [5.74, 6) is -2.10. The number of rotatable bonds is 18. The third-order valence-corrected chi connectivity index (χ3v) is 7.44. The summed E-state index contributed by atoms with van der Waals surface area (Å²) in [5, 5.41) is 38.8. The highest BCUT2D eigenvalue weighted by atomic mass is 16.6. The fourth-order valence-electron chi connectivity index (χ4n) is 5.43. The number of nitro groups is 1. The number of nitrogens with one attached hydrogen (secondary N) is 2. The van der Waals surface area contributed by atoms with Crippen LogP contribution < -0.4 is 20.1 Å². The van der Waals surface area contributed by atoms with Crippen LogP contribution in [0, 0.1) is 10.1 Å². The Morgan fingerprint density at radius 1 is 1.11 bits per heavy atom. The van der Waals surface area contributed by atoms with Crippen LogP contribution in [0.25, 0.3) is 0 Å². The number of hydrogen-bond acceptors (Lipinski definition) is 12. The first-order valence-electron chi connectivity index (χ1n) is 15.0. The van der Waals surface area contributed by atoms with Gasteiger partial charge in [-0.25, -0.2) is 9.59 Å². The van der Waals surface area contributed by atoms with Crippen LogP contribution >= 0.6 is 0 Å². The summed E-state index contributed by atoms with van der Waals surface area (Å²) in [6, 6.07) is 12.7. The van der Waals surface area contributed by atoms with Crippen molar-refractivity contribution in [3.05, 3.63) is 86.7 Å². The number of aliphatic carboxylic acids is 1. The van der Waals surface area contributed by atoms with Gasteiger partial charge in [0.2, 0.25) is 0 Å². The number of allylic oxidation sites excluding steroid dienone is 1. The summed E-state index contributed by atoms with van der Waals surface area (Å²) in [6.45, 7) is 6.44. The molecule has 3 rings (SSSR count). The number of esters is 1. The smallest absolute Gasteiger partial charge is 0.336 e. The van der Waals surface area contributed by atoms with Gasteiger partial charge in [-0.15, -0.1) is 0 Å². The van der Waals surface area contributed by atoms with Crippen molar-refractivity contribution in [3.63, 3.8) is 0 Å². The number of methoxy groups -OCH3 is 2. The second-order valence-electron chi connectivity index (χ2n) is 11.8. The SMILES string of the molecule is COCCOC(=O)C1=C(CN(C)CC(C)(C)NCC(O)COc2ccccc2OC)NC(C)=C(C(=O)O)C1c1cccc([N+](=O)[O-])c1. The van der Waals surface area contributed by atoms with Crippen LogP contribution in [0.1, 0.15) is 32.3 Å². The van der Waals surface area contributed by atoms with E-state index in [4.69, 9.17) is 18.9 Å². The molecular weight excluding hydrogens is 612 g/mol. The van der Waals surface area contributed by atoms with Crippen LogP contribution in [-0.4, -0.2) is 104 Å². The highest BCUT2D eigenvalue weighted by Crippen LogP contribution is 2.40. The minimum atomic E-state index is -1.28. The Labute approximate surface area is 274 Å². The van der Waals surface area contributed by atoms with Gasteiger partial charge in [-0.05, 0) is 45.5 Å². The number of aliphatic hydroxyl groups excluding tert-OH is 1. The Morgan fingerprint density at radius 2 is 1.81 bits per heavy atom. The lowest BCUT2D eigenvalue weighted by molar-refractivity contribution is -0.384. The van der Waals surface area contributed by atoms with E-state index in [-0.39, 0.29) is 55.3 Å². The number of ether oxygens (including phenoxy) is 4. The number of dihydropyridines is 1. The number of hydrogen-bond donors (Lipinski definition) is 4. The summed E-state index contributed by atoms with van der Waals surface area (Å²) in [4.78, 5) is 39.1. The van der Waals surface area contributed by atoms with Crippen molar-refractivity contribution in [1.29, 1.82) is 0 Å². The Morgan fingerprint density at radius 3 is 2.45 bits per heavy atom. The molecule has 0 saturated heterocycles. The van der Waals surface area contributed by atoms with Gasteiger partial charge in [0.15, 0.2) is 11.5 Å². The molecule has 0 spiro atoms. The number of carbonyl (C=O) groups is 2. The maximum absolute atomic E-state index is 13.6. The lowest BCUT2D eigenvalue weighted by atomic mass is 9.80. The number of carboxylic acid groups (broad SMARTS) is 1. The third kappa shape index (κ3) is 10.2. The fourth-order valence-corrected chi connectivity index (χ4v) is 5.43. The van der Waals surface area contributed by atoms with Gasteiger partial charge in [0.05, 0.1) is 35.7 Å². The molecule has 0 aromatic heterocycles. The zero-order valence-electron chi connectivity index (χ0n) is 27.6. The number of carbonyl (C=O) groups excluding carboxylic acids is 1. The van der Waals surface area contributed by atoms with Gasteiger partial charge in [-0.2, -0.15) is 0 Å². The summed E-state index contributed by atoms with van der Waals surface area (Å²) in [7, 11) is 4.84. The minimum absolute atomic E-state index is 0.0335. The topological polar surface area (TPSA) is 182 Å². The summed E-state index contributed by atoms with van der Waals surface area (Å²) < 4.78 is 21.5. The predicted octanol–water partition coefficient (Wildman–Crippen LogP) is 2.83. The molecule has 4 N–H and O–H groups in total. The monoisotopic (exact) mass is 656 g/mol. The molecule has 2 atom stereocenters. The molecule has 2 aromatic carbocycles. The van der Waals surface area contributed by atoms with Gasteiger partial charge in [0.1, 0.15) is 19.3 Å². The van der Waals surface area contributed by atoms with Crippen LogP contribution in [0.4, 0.5) is 5.69 Å². The van der Waals surface area contributed by atoms with E-state index in [0.717, 1.165) is 0 Å². The van der Waals surface area contributed by atoms with Crippen LogP contribution in [-0.2, 0) is 19.1 Å². The Kier molecular flexibility index (Phi) is 13.3. The number of nitrogens with zero attached hydrogens (tertiary/aromatic N) is 2. The van der Waals surface area contributed by atoms with E-state index >= 15 is 0 Å². The van der Waals surface area contributed by atoms with Crippen LogP contribution in [0.5, 0.6) is 11.5 Å². The molecule has 1 heterocycles. The van der Waals surface area contributed by atoms with Crippen molar-refractivity contribution in [2.45, 2.75) is 38.3 Å². The van der Waals surface area contributed by atoms with E-state index in [2.05, 4.69) is 10.6 Å². The highest BCUT2D eigenvalue weighted by Gasteiger charge is 2.39. The van der Waals surface area contributed by atoms with Gasteiger partial charge < -0.3 is 39.8 Å². The van der Waals surface area contributed by atoms with Gasteiger partial charge in [0, 0.05) is 55.8 Å². The van der Waals surface area contributed by atoms with Crippen molar-refractivity contribution < 1.29 is 43.7 Å². The van der Waals surface area contributed by atoms with E-state index in [1.165, 1.54) is 25.3 Å². The molecular formula is C33H44N4O10. The number of benzene rings is 2. The molecule has 47 heavy (non-hydrogen) atoms. The number of β-amino-alcohol motifs (C(OH)–C–C–N with tert-alkyl or cyclic N) is 1. The molecule has 0 radical (unpaired) electrons. The average Bonchev–Trinajstić information content (AvgIpc) is 3.02. The first-order valence-corrected chi connectivity index (χ1v) is 15.0. The molecule has 1 aliphatic rings. The number of para-hydroxylation sites is 2. The van der Waals surface area contributed by atoms with E-state index in [1.54, 1.807) is 32.2 Å². The lowest BCUT2D eigenvalue weighted by Crippen LogP contribution is -2.51. The van der Waals surface area contributed by atoms with Crippen molar-refractivity contribution >= 4 is 17.6 Å². The normalized spacial score (nSPS) is 15.7. The quantitative estimate of drug-likeness (QED) is 0.0796. The molecule has 0 aliphatic carbocycles. The highest BCUT2D eigenvalue weighted by molar-refractivity contribution is 5.99. The van der Waals surface area contributed by atoms with E-state index < -0.39 is 34.4 Å². The summed E-state index contributed by atoms with van der Waals surface area (Å²) in [6.07, 6.45) is -0.821. The minimum Gasteiger partial charge on any atom is -0.493 e. The summed E-state index contributed by atoms with van der Waals surface area (Å²) in [5.41, 5.74) is 0.106. The van der Waals surface area contributed by atoms with E-state index in [0.29, 0.717) is 29.4 Å². The second-order valence-corrected chi connectivity index (χ2v) is 11.8. The molecule has 256 valence electrons. The van der Waals surface area contributed by atoms with Crippen LogP contribution in [0.3, 0.4) is 0 Å². The lowest BCUT2D eigenvalue weighted by Gasteiger charge is -2.35. The van der Waals surface area contributed by atoms with E-state index in [9.17, 15) is 29.9 Å². The molecule has 1 aliphatic heterocycles. The second kappa shape index (κ2) is 16.9. The zero-order valence-corrected chi connectivity index (χ0v) is 27.6. The van der Waals surface area contributed by atoms with Gasteiger partial charge in [-0.3, -0.25) is 15.0 Å².